The Hall–Kier alpha value is -0.0800. The van der Waals surface area contributed by atoms with Gasteiger partial charge in [-0.1, -0.05) is 20.8 Å². The quantitative estimate of drug-likeness (QED) is 0.724. The Labute approximate surface area is 81.9 Å². The number of nitrogens with zero attached hydrogens (tertiary/aromatic N) is 1. The van der Waals surface area contributed by atoms with Gasteiger partial charge in [0, 0.05) is 12.6 Å². The van der Waals surface area contributed by atoms with E-state index in [1.54, 1.807) is 0 Å². The van der Waals surface area contributed by atoms with Gasteiger partial charge >= 0.3 is 0 Å². The zero-order chi connectivity index (χ0) is 10.2. The first-order valence-electron chi connectivity index (χ1n) is 5.34. The van der Waals surface area contributed by atoms with Crippen LogP contribution in [0, 0.1) is 11.8 Å². The van der Waals surface area contributed by atoms with Crippen molar-refractivity contribution in [2.24, 2.45) is 11.8 Å². The molecule has 1 aliphatic rings. The van der Waals surface area contributed by atoms with Gasteiger partial charge in [0.1, 0.15) is 0 Å². The van der Waals surface area contributed by atoms with Crippen LogP contribution in [0.25, 0.3) is 0 Å². The third kappa shape index (κ3) is 2.05. The summed E-state index contributed by atoms with van der Waals surface area (Å²) in [6, 6.07) is 0.359. The van der Waals surface area contributed by atoms with Gasteiger partial charge in [-0.05, 0) is 32.2 Å². The lowest BCUT2D eigenvalue weighted by Crippen LogP contribution is -2.66. The molecule has 0 amide bonds. The van der Waals surface area contributed by atoms with Crippen molar-refractivity contribution in [3.63, 3.8) is 0 Å². The smallest absolute Gasteiger partial charge is 0.0749 e. The fourth-order valence-electron chi connectivity index (χ4n) is 2.49. The molecule has 0 saturated carbocycles. The Balaban J connectivity index is 2.65. The zero-order valence-electron chi connectivity index (χ0n) is 9.54. The fraction of sp³-hybridized carbons (Fsp3) is 1.00. The lowest BCUT2D eigenvalue weighted by molar-refractivity contribution is -0.122. The summed E-state index contributed by atoms with van der Waals surface area (Å²) >= 11 is 0. The van der Waals surface area contributed by atoms with Gasteiger partial charge in [0.05, 0.1) is 5.60 Å². The highest BCUT2D eigenvalue weighted by atomic mass is 16.3. The molecule has 1 saturated heterocycles. The Morgan fingerprint density at radius 3 is 2.31 bits per heavy atom. The molecule has 0 spiro atoms. The molecular weight excluding hydrogens is 162 g/mol. The predicted octanol–water partition coefficient (Wildman–Crippen LogP) is 1.73. The normalized spacial score (nSPS) is 30.7. The zero-order valence-corrected chi connectivity index (χ0v) is 9.54. The van der Waals surface area contributed by atoms with Crippen LogP contribution in [0.15, 0.2) is 0 Å². The second-order valence-electron chi connectivity index (χ2n) is 5.09. The van der Waals surface area contributed by atoms with Crippen LogP contribution in [0.1, 0.15) is 34.6 Å². The number of aliphatic hydroxyl groups is 1. The highest BCUT2D eigenvalue weighted by molar-refractivity contribution is 5.01. The van der Waals surface area contributed by atoms with Crippen molar-refractivity contribution in [1.29, 1.82) is 0 Å². The summed E-state index contributed by atoms with van der Waals surface area (Å²) in [4.78, 5) is 2.37. The number of likely N-dealkylation sites (tertiary alicyclic amines) is 1. The van der Waals surface area contributed by atoms with Crippen LogP contribution in [0.4, 0.5) is 0 Å². The van der Waals surface area contributed by atoms with Gasteiger partial charge in [-0.2, -0.15) is 0 Å². The van der Waals surface area contributed by atoms with Gasteiger partial charge in [-0.25, -0.2) is 0 Å². The molecule has 2 unspecified atom stereocenters. The summed E-state index contributed by atoms with van der Waals surface area (Å²) in [6.45, 7) is 12.7. The molecule has 0 aromatic heterocycles. The minimum atomic E-state index is -0.552. The Kier molecular flexibility index (Phi) is 3.03. The largest absolute Gasteiger partial charge is 0.389 e. The van der Waals surface area contributed by atoms with E-state index in [1.807, 2.05) is 13.8 Å². The molecule has 0 aliphatic carbocycles. The molecule has 0 bridgehead atoms. The van der Waals surface area contributed by atoms with E-state index in [2.05, 4.69) is 25.7 Å². The van der Waals surface area contributed by atoms with Crippen LogP contribution in [0.2, 0.25) is 0 Å². The van der Waals surface area contributed by atoms with Crippen molar-refractivity contribution in [3.05, 3.63) is 0 Å². The van der Waals surface area contributed by atoms with Crippen LogP contribution in [-0.2, 0) is 0 Å². The van der Waals surface area contributed by atoms with Crippen molar-refractivity contribution in [2.75, 3.05) is 13.1 Å². The van der Waals surface area contributed by atoms with Crippen LogP contribution in [0.3, 0.4) is 0 Å². The lowest BCUT2D eigenvalue weighted by atomic mass is 9.73. The van der Waals surface area contributed by atoms with Crippen molar-refractivity contribution < 1.29 is 5.11 Å². The van der Waals surface area contributed by atoms with Crippen molar-refractivity contribution >= 4 is 0 Å². The summed E-state index contributed by atoms with van der Waals surface area (Å²) in [5, 5.41) is 10.0. The molecule has 13 heavy (non-hydrogen) atoms. The number of hydrogen-bond donors (Lipinski definition) is 1. The standard InChI is InChI=1S/C11H23NO/c1-6-12-7-9(8(2)3)10(12)11(4,5)13/h8-10,13H,6-7H2,1-5H3. The molecule has 78 valence electrons. The molecule has 1 N–H and O–H groups in total. The minimum absolute atomic E-state index is 0.359. The van der Waals surface area contributed by atoms with E-state index < -0.39 is 5.60 Å². The van der Waals surface area contributed by atoms with Gasteiger partial charge in [-0.3, -0.25) is 4.90 Å². The molecule has 1 aliphatic heterocycles. The second kappa shape index (κ2) is 3.58. The van der Waals surface area contributed by atoms with E-state index in [1.165, 1.54) is 0 Å². The summed E-state index contributed by atoms with van der Waals surface area (Å²) in [7, 11) is 0. The predicted molar refractivity (Wildman–Crippen MR) is 55.7 cm³/mol. The average molecular weight is 185 g/mol. The van der Waals surface area contributed by atoms with Crippen molar-refractivity contribution in [2.45, 2.75) is 46.3 Å². The van der Waals surface area contributed by atoms with Crippen molar-refractivity contribution in [3.8, 4) is 0 Å². The van der Waals surface area contributed by atoms with Crippen LogP contribution in [-0.4, -0.2) is 34.7 Å². The SMILES string of the molecule is CCN1CC(C(C)C)C1C(C)(C)O. The Morgan fingerprint density at radius 1 is 1.46 bits per heavy atom. The minimum Gasteiger partial charge on any atom is -0.389 e. The van der Waals surface area contributed by atoms with E-state index in [0.717, 1.165) is 13.1 Å². The molecule has 2 heteroatoms. The fourth-order valence-corrected chi connectivity index (χ4v) is 2.49. The molecule has 1 fully saturated rings. The Morgan fingerprint density at radius 2 is 2.00 bits per heavy atom. The van der Waals surface area contributed by atoms with Crippen LogP contribution >= 0.6 is 0 Å². The maximum absolute atomic E-state index is 10.0. The summed E-state index contributed by atoms with van der Waals surface area (Å²) in [6.07, 6.45) is 0. The number of likely N-dealkylation sites (N-methyl/N-ethyl adjacent to an activating group) is 1. The van der Waals surface area contributed by atoms with Crippen molar-refractivity contribution in [1.82, 2.24) is 4.90 Å². The molecule has 0 radical (unpaired) electrons. The Bertz CT molecular complexity index is 171. The monoisotopic (exact) mass is 185 g/mol. The molecule has 0 aromatic rings. The molecule has 0 aromatic carbocycles. The van der Waals surface area contributed by atoms with E-state index in [4.69, 9.17) is 0 Å². The molecule has 2 atom stereocenters. The van der Waals surface area contributed by atoms with E-state index in [0.29, 0.717) is 17.9 Å². The summed E-state index contributed by atoms with van der Waals surface area (Å²) in [5.41, 5.74) is -0.552. The maximum Gasteiger partial charge on any atom is 0.0749 e. The topological polar surface area (TPSA) is 23.5 Å². The number of hydrogen-bond acceptors (Lipinski definition) is 2. The molecule has 2 nitrogen and oxygen atoms in total. The molecule has 1 rings (SSSR count). The summed E-state index contributed by atoms with van der Waals surface area (Å²) < 4.78 is 0. The van der Waals surface area contributed by atoms with E-state index in [-0.39, 0.29) is 0 Å². The van der Waals surface area contributed by atoms with E-state index in [9.17, 15) is 5.11 Å². The van der Waals surface area contributed by atoms with Gasteiger partial charge in [-0.15, -0.1) is 0 Å². The second-order valence-corrected chi connectivity index (χ2v) is 5.09. The first kappa shape index (κ1) is 11.0. The molecular formula is C11H23NO. The van der Waals surface area contributed by atoms with Gasteiger partial charge in [0.15, 0.2) is 0 Å². The highest BCUT2D eigenvalue weighted by Crippen LogP contribution is 2.37. The van der Waals surface area contributed by atoms with Gasteiger partial charge in [0.25, 0.3) is 0 Å². The van der Waals surface area contributed by atoms with Gasteiger partial charge < -0.3 is 5.11 Å². The highest BCUT2D eigenvalue weighted by Gasteiger charge is 2.47. The summed E-state index contributed by atoms with van der Waals surface area (Å²) in [5.74, 6) is 1.35. The number of rotatable bonds is 3. The van der Waals surface area contributed by atoms with Crippen LogP contribution in [0.5, 0.6) is 0 Å². The first-order valence-corrected chi connectivity index (χ1v) is 5.34. The lowest BCUT2D eigenvalue weighted by Gasteiger charge is -2.55. The third-order valence-corrected chi connectivity index (χ3v) is 3.23. The maximum atomic E-state index is 10.0. The molecule has 1 heterocycles. The van der Waals surface area contributed by atoms with Crippen LogP contribution < -0.4 is 0 Å². The first-order chi connectivity index (χ1) is 5.88. The van der Waals surface area contributed by atoms with E-state index >= 15 is 0 Å². The van der Waals surface area contributed by atoms with Gasteiger partial charge in [0.2, 0.25) is 0 Å². The average Bonchev–Trinajstić information content (AvgIpc) is 1.80. The third-order valence-electron chi connectivity index (χ3n) is 3.23.